The van der Waals surface area contributed by atoms with E-state index in [1.807, 2.05) is 26.0 Å². The van der Waals surface area contributed by atoms with Crippen molar-refractivity contribution in [3.8, 4) is 0 Å². The van der Waals surface area contributed by atoms with Crippen LogP contribution in [0.3, 0.4) is 0 Å². The number of amides is 2. The number of aromatic nitrogens is 1. The third-order valence-electron chi connectivity index (χ3n) is 2.29. The van der Waals surface area contributed by atoms with E-state index in [-0.39, 0.29) is 17.5 Å². The molecule has 0 saturated carbocycles. The molecule has 1 rings (SSSR count). The number of urea groups is 1. The summed E-state index contributed by atoms with van der Waals surface area (Å²) in [6, 6.07) is 3.75. The average Bonchev–Trinajstić information content (AvgIpc) is 2.15. The average molecular weight is 235 g/mol. The van der Waals surface area contributed by atoms with E-state index in [9.17, 15) is 4.79 Å². The number of nitrogens with zero attached hydrogens (tertiary/aromatic N) is 1. The summed E-state index contributed by atoms with van der Waals surface area (Å²) in [7, 11) is 0. The number of anilines is 1. The maximum atomic E-state index is 11.5. The molecule has 17 heavy (non-hydrogen) atoms. The predicted molar refractivity (Wildman–Crippen MR) is 70.2 cm³/mol. The topological polar surface area (TPSA) is 54.0 Å². The lowest BCUT2D eigenvalue weighted by Crippen LogP contribution is -2.34. The summed E-state index contributed by atoms with van der Waals surface area (Å²) in [5.74, 6) is 0.579. The van der Waals surface area contributed by atoms with Gasteiger partial charge >= 0.3 is 6.03 Å². The van der Waals surface area contributed by atoms with Crippen molar-refractivity contribution in [2.75, 3.05) is 5.32 Å². The van der Waals surface area contributed by atoms with Crippen molar-refractivity contribution in [2.45, 2.75) is 46.1 Å². The zero-order valence-electron chi connectivity index (χ0n) is 11.2. The highest BCUT2D eigenvalue weighted by Gasteiger charge is 2.14. The van der Waals surface area contributed by atoms with Crippen LogP contribution in [0.1, 0.15) is 40.2 Å². The lowest BCUT2D eigenvalue weighted by Gasteiger charge is -2.19. The van der Waals surface area contributed by atoms with E-state index in [2.05, 4.69) is 36.4 Å². The van der Waals surface area contributed by atoms with Crippen molar-refractivity contribution in [3.05, 3.63) is 23.9 Å². The van der Waals surface area contributed by atoms with Crippen LogP contribution in [0.5, 0.6) is 0 Å². The van der Waals surface area contributed by atoms with E-state index in [1.165, 1.54) is 0 Å². The van der Waals surface area contributed by atoms with Crippen LogP contribution in [-0.2, 0) is 5.41 Å². The fourth-order valence-electron chi connectivity index (χ4n) is 1.38. The first-order valence-electron chi connectivity index (χ1n) is 5.83. The molecule has 0 aliphatic heterocycles. The van der Waals surface area contributed by atoms with Gasteiger partial charge in [-0.05, 0) is 37.0 Å². The van der Waals surface area contributed by atoms with Crippen molar-refractivity contribution in [1.29, 1.82) is 0 Å². The van der Waals surface area contributed by atoms with Crippen LogP contribution in [-0.4, -0.2) is 17.1 Å². The minimum atomic E-state index is -0.224. The van der Waals surface area contributed by atoms with Gasteiger partial charge in [0.25, 0.3) is 0 Å². The Morgan fingerprint density at radius 3 is 2.53 bits per heavy atom. The maximum absolute atomic E-state index is 11.5. The Hall–Kier alpha value is -1.58. The van der Waals surface area contributed by atoms with Crippen molar-refractivity contribution in [3.63, 3.8) is 0 Å². The Bertz CT molecular complexity index is 394. The second-order valence-electron chi connectivity index (χ2n) is 5.43. The van der Waals surface area contributed by atoms with Crippen molar-refractivity contribution in [1.82, 2.24) is 10.3 Å². The monoisotopic (exact) mass is 235 g/mol. The van der Waals surface area contributed by atoms with Gasteiger partial charge in [-0.2, -0.15) is 0 Å². The Balaban J connectivity index is 2.76. The van der Waals surface area contributed by atoms with Gasteiger partial charge < -0.3 is 5.32 Å². The summed E-state index contributed by atoms with van der Waals surface area (Å²) in [4.78, 5) is 15.6. The first-order valence-corrected chi connectivity index (χ1v) is 5.83. The van der Waals surface area contributed by atoms with Crippen LogP contribution in [0.25, 0.3) is 0 Å². The molecule has 0 saturated heterocycles. The molecule has 0 spiro atoms. The van der Waals surface area contributed by atoms with Crippen LogP contribution in [0.15, 0.2) is 18.3 Å². The zero-order chi connectivity index (χ0) is 13.1. The highest BCUT2D eigenvalue weighted by atomic mass is 16.2. The number of hydrogen-bond donors (Lipinski definition) is 2. The fourth-order valence-corrected chi connectivity index (χ4v) is 1.38. The van der Waals surface area contributed by atoms with Gasteiger partial charge in [-0.15, -0.1) is 0 Å². The molecule has 2 N–H and O–H groups in total. The molecule has 0 aromatic carbocycles. The third kappa shape index (κ3) is 4.43. The van der Waals surface area contributed by atoms with Crippen molar-refractivity contribution < 1.29 is 4.79 Å². The van der Waals surface area contributed by atoms with Crippen LogP contribution in [0.2, 0.25) is 0 Å². The standard InChI is InChI=1S/C13H21N3O/c1-9(2)15-12(17)16-11-8-10(6-7-14-11)13(3,4)5/h6-9H,1-5H3,(H2,14,15,16,17). The van der Waals surface area contributed by atoms with Gasteiger partial charge in [0.15, 0.2) is 0 Å². The quantitative estimate of drug-likeness (QED) is 0.828. The Morgan fingerprint density at radius 2 is 2.00 bits per heavy atom. The largest absolute Gasteiger partial charge is 0.336 e. The summed E-state index contributed by atoms with van der Waals surface area (Å²) in [6.45, 7) is 10.2. The van der Waals surface area contributed by atoms with Gasteiger partial charge in [-0.25, -0.2) is 9.78 Å². The Kier molecular flexibility index (Phi) is 4.10. The van der Waals surface area contributed by atoms with E-state index in [4.69, 9.17) is 0 Å². The maximum Gasteiger partial charge on any atom is 0.320 e. The first-order chi connectivity index (χ1) is 7.79. The smallest absolute Gasteiger partial charge is 0.320 e. The molecule has 1 aromatic rings. The van der Waals surface area contributed by atoms with Crippen LogP contribution >= 0.6 is 0 Å². The molecule has 0 aliphatic carbocycles. The fraction of sp³-hybridized carbons (Fsp3) is 0.538. The molecule has 4 heteroatoms. The number of carbonyl (C=O) groups is 1. The van der Waals surface area contributed by atoms with Gasteiger partial charge in [-0.1, -0.05) is 20.8 Å². The van der Waals surface area contributed by atoms with Gasteiger partial charge in [0.2, 0.25) is 0 Å². The molecule has 4 nitrogen and oxygen atoms in total. The summed E-state index contributed by atoms with van der Waals surface area (Å²) < 4.78 is 0. The van der Waals surface area contributed by atoms with E-state index in [0.717, 1.165) is 5.56 Å². The SMILES string of the molecule is CC(C)NC(=O)Nc1cc(C(C)(C)C)ccn1. The number of nitrogens with one attached hydrogen (secondary N) is 2. The molecule has 0 unspecified atom stereocenters. The number of rotatable bonds is 2. The molecule has 0 radical (unpaired) electrons. The highest BCUT2D eigenvalue weighted by molar-refractivity contribution is 5.88. The number of carbonyl (C=O) groups excluding carboxylic acids is 1. The van der Waals surface area contributed by atoms with E-state index in [1.54, 1.807) is 6.20 Å². The minimum Gasteiger partial charge on any atom is -0.336 e. The van der Waals surface area contributed by atoms with Crippen LogP contribution in [0, 0.1) is 0 Å². The Labute approximate surface area is 103 Å². The molecule has 2 amide bonds. The summed E-state index contributed by atoms with van der Waals surface area (Å²) in [5.41, 5.74) is 1.20. The first kappa shape index (κ1) is 13.5. The summed E-state index contributed by atoms with van der Waals surface area (Å²) in [5, 5.41) is 5.48. The molecular weight excluding hydrogens is 214 g/mol. The molecule has 1 aromatic heterocycles. The molecule has 94 valence electrons. The van der Waals surface area contributed by atoms with Gasteiger partial charge in [0.1, 0.15) is 5.82 Å². The molecular formula is C13H21N3O. The highest BCUT2D eigenvalue weighted by Crippen LogP contribution is 2.23. The lowest BCUT2D eigenvalue weighted by molar-refractivity contribution is 0.250. The second-order valence-corrected chi connectivity index (χ2v) is 5.43. The summed E-state index contributed by atoms with van der Waals surface area (Å²) >= 11 is 0. The molecule has 0 atom stereocenters. The van der Waals surface area contributed by atoms with Gasteiger partial charge in [0.05, 0.1) is 0 Å². The Morgan fingerprint density at radius 1 is 1.35 bits per heavy atom. The van der Waals surface area contributed by atoms with E-state index >= 15 is 0 Å². The predicted octanol–water partition coefficient (Wildman–Crippen LogP) is 2.91. The second kappa shape index (κ2) is 5.17. The molecule has 0 fully saturated rings. The van der Waals surface area contributed by atoms with Gasteiger partial charge in [0, 0.05) is 12.2 Å². The van der Waals surface area contributed by atoms with E-state index < -0.39 is 0 Å². The lowest BCUT2D eigenvalue weighted by atomic mass is 9.88. The zero-order valence-corrected chi connectivity index (χ0v) is 11.2. The normalized spacial score (nSPS) is 11.4. The number of pyridine rings is 1. The molecule has 0 aliphatic rings. The van der Waals surface area contributed by atoms with E-state index in [0.29, 0.717) is 5.82 Å². The van der Waals surface area contributed by atoms with Gasteiger partial charge in [-0.3, -0.25) is 5.32 Å². The van der Waals surface area contributed by atoms with Crippen LogP contribution in [0.4, 0.5) is 10.6 Å². The van der Waals surface area contributed by atoms with Crippen LogP contribution < -0.4 is 10.6 Å². The third-order valence-corrected chi connectivity index (χ3v) is 2.29. The van der Waals surface area contributed by atoms with Crippen molar-refractivity contribution >= 4 is 11.8 Å². The van der Waals surface area contributed by atoms with Crippen molar-refractivity contribution in [2.24, 2.45) is 0 Å². The molecule has 0 bridgehead atoms. The summed E-state index contributed by atoms with van der Waals surface area (Å²) in [6.07, 6.45) is 1.71. The number of hydrogen-bond acceptors (Lipinski definition) is 2. The molecule has 1 heterocycles. The minimum absolute atomic E-state index is 0.0495.